The van der Waals surface area contributed by atoms with Gasteiger partial charge in [-0.15, -0.1) is 69.9 Å². The molecule has 7 aromatic heterocycles. The van der Waals surface area contributed by atoms with Crippen molar-refractivity contribution in [1.29, 1.82) is 0 Å². The van der Waals surface area contributed by atoms with E-state index in [4.69, 9.17) is 19.9 Å². The van der Waals surface area contributed by atoms with Crippen LogP contribution in [0.15, 0.2) is 261 Å². The van der Waals surface area contributed by atoms with E-state index in [1.54, 1.807) is 42.5 Å². The second kappa shape index (κ2) is 29.0. The maximum absolute atomic E-state index is 5.31. The van der Waals surface area contributed by atoms with E-state index in [-0.39, 0.29) is 41.2 Å². The van der Waals surface area contributed by atoms with Crippen molar-refractivity contribution < 1.29 is 59.9 Å². The molecule has 6 aromatic carbocycles. The van der Waals surface area contributed by atoms with Crippen LogP contribution in [0.2, 0.25) is 0 Å². The summed E-state index contributed by atoms with van der Waals surface area (Å²) in [4.78, 5) is 35.3. The van der Waals surface area contributed by atoms with Crippen LogP contribution in [0.4, 0.5) is 0 Å². The molecule has 0 N–H and O–H groups in total. The van der Waals surface area contributed by atoms with Crippen molar-refractivity contribution >= 4 is 77.2 Å². The maximum Gasteiger partial charge on any atom is 2.00 e. The molecule has 0 spiro atoms. The summed E-state index contributed by atoms with van der Waals surface area (Å²) < 4.78 is 1.26. The van der Waals surface area contributed by atoms with E-state index in [1.807, 2.05) is 109 Å². The second-order valence-electron chi connectivity index (χ2n) is 19.0. The first-order chi connectivity index (χ1) is 41.2. The Bertz CT molecular complexity index is 4130. The summed E-state index contributed by atoms with van der Waals surface area (Å²) in [5.74, 6) is 0. The van der Waals surface area contributed by atoms with Gasteiger partial charge in [-0.25, -0.2) is 21.3 Å². The fourth-order valence-electron chi connectivity index (χ4n) is 10.0. The van der Waals surface area contributed by atoms with Gasteiger partial charge in [0.15, 0.2) is 0 Å². The van der Waals surface area contributed by atoms with Gasteiger partial charge in [0.05, 0.1) is 22.8 Å². The predicted molar refractivity (Wildman–Crippen MR) is 340 cm³/mol. The number of thiophene rings is 1. The summed E-state index contributed by atoms with van der Waals surface area (Å²) in [7, 11) is 4.61. The van der Waals surface area contributed by atoms with Gasteiger partial charge in [0.1, 0.15) is 0 Å². The molecule has 0 saturated heterocycles. The average molecular weight is 1670 g/mol. The Morgan fingerprint density at radius 2 is 0.671 bits per heavy atom. The number of hydrogen-bond acceptors (Lipinski definition) is 6. The minimum Gasteiger partial charge on any atom is -0.303 e. The van der Waals surface area contributed by atoms with E-state index >= 15 is 0 Å². The second-order valence-corrected chi connectivity index (χ2v) is 20.1. The fraction of sp³-hybridized carbons (Fsp3) is 0. The Labute approximate surface area is 540 Å². The minimum atomic E-state index is 0. The molecule has 0 saturated carbocycles. The van der Waals surface area contributed by atoms with Gasteiger partial charge in [0.25, 0.3) is 0 Å². The van der Waals surface area contributed by atoms with Crippen LogP contribution in [-0.4, -0.2) is 24.9 Å². The Balaban J connectivity index is 0.000000177. The van der Waals surface area contributed by atoms with E-state index in [1.165, 1.54) is 10.1 Å². The van der Waals surface area contributed by atoms with Crippen LogP contribution in [0.3, 0.4) is 0 Å². The van der Waals surface area contributed by atoms with Crippen molar-refractivity contribution in [1.82, 2.24) is 34.9 Å². The number of rotatable bonds is 7. The number of halogens is 1. The molecule has 0 amide bonds. The van der Waals surface area contributed by atoms with E-state index < -0.39 is 0 Å². The van der Waals surface area contributed by atoms with Gasteiger partial charge in [-0.1, -0.05) is 205 Å². The number of hydrogen-bond donors (Lipinski definition) is 0. The summed E-state index contributed by atoms with van der Waals surface area (Å²) in [5.41, 5.74) is 19.8. The Morgan fingerprint density at radius 1 is 0.341 bits per heavy atom. The van der Waals surface area contributed by atoms with Gasteiger partial charge >= 0.3 is 49.3 Å². The number of pyridine rings is 3. The van der Waals surface area contributed by atoms with Crippen molar-refractivity contribution in [3.05, 3.63) is 296 Å². The largest absolute Gasteiger partial charge is 2.00 e. The maximum atomic E-state index is 5.31. The van der Waals surface area contributed by atoms with Crippen LogP contribution in [0.5, 0.6) is 0 Å². The van der Waals surface area contributed by atoms with E-state index in [0.29, 0.717) is 0 Å². The van der Waals surface area contributed by atoms with Gasteiger partial charge in [-0.2, -0.15) is 0 Å². The minimum absolute atomic E-state index is 0. The molecule has 15 rings (SSSR count). The SMILES string of the molecule is C1=Cc2nc1c(-c1ccccc1)c1ccc([n-]1)c(-c1ccccc1)c1nc(c(-c3ccccc3)c3ccc([n-]3)c2-c2ccccc2)C=C1.[Cl][Pt+].[Ir].[Pt+2].[c-]1c(-c2ccccn2)cccc1-c1ccccn1.[c-]1c(-c2ccccn2)sc2ccccc12. The third kappa shape index (κ3) is 13.8. The zero-order valence-corrected chi connectivity index (χ0v) is 53.5. The van der Waals surface area contributed by atoms with Crippen LogP contribution >= 0.6 is 20.8 Å². The zero-order chi connectivity index (χ0) is 56.2. The van der Waals surface area contributed by atoms with Crippen molar-refractivity contribution in [3.8, 4) is 77.6 Å². The first-order valence-corrected chi connectivity index (χ1v) is 30.4. The van der Waals surface area contributed by atoms with Crippen molar-refractivity contribution in [2.75, 3.05) is 0 Å². The monoisotopic (exact) mass is 1670 g/mol. The van der Waals surface area contributed by atoms with Gasteiger partial charge in [0.2, 0.25) is 0 Å². The van der Waals surface area contributed by atoms with Gasteiger partial charge in [0, 0.05) is 55.8 Å². The molecule has 7 nitrogen and oxygen atoms in total. The molecule has 12 heteroatoms. The third-order valence-corrected chi connectivity index (χ3v) is 14.9. The number of fused-ring (bicyclic) bond motifs is 9. The third-order valence-electron chi connectivity index (χ3n) is 13.8. The average Bonchev–Trinajstić information content (AvgIpc) is 4.21. The molecule has 1 radical (unpaired) electrons. The first kappa shape index (κ1) is 59.8. The summed E-state index contributed by atoms with van der Waals surface area (Å²) in [5, 5.41) is 1.17. The van der Waals surface area contributed by atoms with Crippen LogP contribution < -0.4 is 9.97 Å². The molecule has 9 heterocycles. The van der Waals surface area contributed by atoms with E-state index in [2.05, 4.69) is 200 Å². The molecule has 8 bridgehead atoms. The van der Waals surface area contributed by atoms with Crippen LogP contribution in [0.1, 0.15) is 22.8 Å². The molecule has 0 unspecified atom stereocenters. The molecule has 417 valence electrons. The molecule has 0 aliphatic carbocycles. The Hall–Kier alpha value is -8.35. The van der Waals surface area contributed by atoms with E-state index in [0.717, 1.165) is 122 Å². The normalized spacial score (nSPS) is 10.9. The standard InChI is InChI=1S/C44H28N4.C16H11N2.C13H8NS.ClH.Ir.2Pt/c1-5-13-29(14-6-1)41-33-21-23-35(45-33)42(30-15-7-2-8-16-30)37-25-27-39(47-37)44(32-19-11-4-12-20-32)40-28-26-38(48-40)43(31-17-9-3-10-18-31)36-24-22-34(41)46-36;1-3-10-17-15(8-1)13-6-5-7-14(12-13)16-9-2-4-11-18-16;1-2-7-12-10(5-1)9-13(15-12)11-6-3-4-8-14-11;;;;/h1-28H;1-11H;1-8H;1H;;;/q-2;2*-1;;;2*+2/p-1. The molecule has 2 aliphatic heterocycles. The van der Waals surface area contributed by atoms with Gasteiger partial charge in [-0.05, 0) is 96.6 Å². The zero-order valence-electron chi connectivity index (χ0n) is 45.0. The van der Waals surface area contributed by atoms with Crippen LogP contribution in [-0.2, 0) is 59.9 Å². The summed E-state index contributed by atoms with van der Waals surface area (Å²) in [6.07, 6.45) is 13.8. The van der Waals surface area contributed by atoms with Crippen LogP contribution in [0.25, 0.3) is 134 Å². The summed E-state index contributed by atoms with van der Waals surface area (Å²) in [6.45, 7) is 0. The quantitative estimate of drug-likeness (QED) is 0.147. The molecular formula is C73H47ClIrN7Pt2S-. The Kier molecular flexibility index (Phi) is 20.4. The fourth-order valence-corrected chi connectivity index (χ4v) is 11.0. The van der Waals surface area contributed by atoms with Crippen molar-refractivity contribution in [3.63, 3.8) is 0 Å². The molecule has 85 heavy (non-hydrogen) atoms. The predicted octanol–water partition coefficient (Wildman–Crippen LogP) is 18.6. The van der Waals surface area contributed by atoms with Crippen molar-refractivity contribution in [2.24, 2.45) is 0 Å². The smallest absolute Gasteiger partial charge is 0.303 e. The number of aromatic nitrogens is 7. The van der Waals surface area contributed by atoms with E-state index in [9.17, 15) is 0 Å². The molecule has 2 aliphatic rings. The first-order valence-electron chi connectivity index (χ1n) is 26.7. The van der Waals surface area contributed by atoms with Crippen LogP contribution in [0, 0.1) is 12.1 Å². The van der Waals surface area contributed by atoms with Gasteiger partial charge in [-0.3, -0.25) is 9.97 Å². The number of nitrogens with zero attached hydrogens (tertiary/aromatic N) is 7. The molecular weight excluding hydrogens is 1620 g/mol. The molecule has 13 aromatic rings. The summed E-state index contributed by atoms with van der Waals surface area (Å²) in [6, 6.07) is 88.7. The molecule has 0 fully saturated rings. The topological polar surface area (TPSA) is 92.7 Å². The number of benzene rings is 6. The van der Waals surface area contributed by atoms with Crippen molar-refractivity contribution in [2.45, 2.75) is 0 Å². The molecule has 0 atom stereocenters. The van der Waals surface area contributed by atoms with Gasteiger partial charge < -0.3 is 15.0 Å². The summed E-state index contributed by atoms with van der Waals surface area (Å²) >= 11 is 3.34. The Morgan fingerprint density at radius 3 is 1.01 bits per heavy atom.